The minimum absolute atomic E-state index is 0.0710. The summed E-state index contributed by atoms with van der Waals surface area (Å²) in [5, 5.41) is 2.83. The van der Waals surface area contributed by atoms with Crippen molar-refractivity contribution in [2.45, 2.75) is 26.2 Å². The fourth-order valence-electron chi connectivity index (χ4n) is 2.94. The fourth-order valence-corrected chi connectivity index (χ4v) is 2.94. The van der Waals surface area contributed by atoms with Crippen molar-refractivity contribution in [3.8, 4) is 0 Å². The van der Waals surface area contributed by atoms with Crippen LogP contribution < -0.4 is 10.2 Å². The molecule has 0 spiro atoms. The number of hydrogen-bond donors (Lipinski definition) is 1. The van der Waals surface area contributed by atoms with E-state index < -0.39 is 5.41 Å². The van der Waals surface area contributed by atoms with Crippen LogP contribution >= 0.6 is 0 Å². The first kappa shape index (κ1) is 15.2. The van der Waals surface area contributed by atoms with Gasteiger partial charge in [0.05, 0.1) is 5.41 Å². The van der Waals surface area contributed by atoms with Crippen LogP contribution in [-0.2, 0) is 10.2 Å². The van der Waals surface area contributed by atoms with Crippen molar-refractivity contribution >= 4 is 23.2 Å². The van der Waals surface area contributed by atoms with E-state index in [0.29, 0.717) is 17.8 Å². The number of fused-ring (bicyclic) bond motifs is 1. The highest BCUT2D eigenvalue weighted by Gasteiger charge is 2.43. The van der Waals surface area contributed by atoms with E-state index in [9.17, 15) is 9.59 Å². The summed E-state index contributed by atoms with van der Waals surface area (Å²) >= 11 is 0. The number of likely N-dealkylation sites (N-methyl/N-ethyl adjacent to an activating group) is 1. The maximum absolute atomic E-state index is 12.5. The van der Waals surface area contributed by atoms with E-state index >= 15 is 0 Å². The molecule has 0 unspecified atom stereocenters. The molecule has 1 aromatic heterocycles. The maximum atomic E-state index is 12.5. The number of nitrogens with one attached hydrogen (secondary N) is 1. The van der Waals surface area contributed by atoms with Crippen LogP contribution in [0.5, 0.6) is 0 Å². The zero-order valence-corrected chi connectivity index (χ0v) is 13.5. The second kappa shape index (κ2) is 5.50. The number of hydrogen-bond acceptors (Lipinski definition) is 3. The highest BCUT2D eigenvalue weighted by molar-refractivity contribution is 6.10. The van der Waals surface area contributed by atoms with Gasteiger partial charge in [0.2, 0.25) is 5.91 Å². The Kier molecular flexibility index (Phi) is 3.64. The first-order valence-electron chi connectivity index (χ1n) is 7.63. The standard InChI is InChI=1S/C18H19N3O2/c1-4-21-15-11-12(5-6-14(15)18(2,3)17(21)23)16(22)20-13-7-9-19-10-8-13/h5-11H,4H2,1-3H3,(H,19,20,22). The Morgan fingerprint density at radius 1 is 1.22 bits per heavy atom. The summed E-state index contributed by atoms with van der Waals surface area (Å²) < 4.78 is 0. The van der Waals surface area contributed by atoms with Crippen molar-refractivity contribution in [2.75, 3.05) is 16.8 Å². The lowest BCUT2D eigenvalue weighted by atomic mass is 9.86. The van der Waals surface area contributed by atoms with Gasteiger partial charge in [0, 0.05) is 35.9 Å². The molecule has 2 heterocycles. The van der Waals surface area contributed by atoms with Crippen LogP contribution in [0.3, 0.4) is 0 Å². The topological polar surface area (TPSA) is 62.3 Å². The molecule has 1 aliphatic heterocycles. The number of carbonyl (C=O) groups excluding carboxylic acids is 2. The molecule has 0 radical (unpaired) electrons. The van der Waals surface area contributed by atoms with E-state index in [0.717, 1.165) is 11.3 Å². The molecule has 2 aromatic rings. The number of anilines is 2. The molecule has 23 heavy (non-hydrogen) atoms. The summed E-state index contributed by atoms with van der Waals surface area (Å²) in [6, 6.07) is 8.91. The molecule has 2 amide bonds. The summed E-state index contributed by atoms with van der Waals surface area (Å²) in [6.07, 6.45) is 3.25. The molecule has 118 valence electrons. The first-order chi connectivity index (χ1) is 10.9. The second-order valence-corrected chi connectivity index (χ2v) is 6.10. The first-order valence-corrected chi connectivity index (χ1v) is 7.63. The monoisotopic (exact) mass is 309 g/mol. The molecule has 5 nitrogen and oxygen atoms in total. The molecule has 1 N–H and O–H groups in total. The van der Waals surface area contributed by atoms with E-state index in [1.54, 1.807) is 41.6 Å². The third kappa shape index (κ3) is 2.48. The van der Waals surface area contributed by atoms with Gasteiger partial charge in [-0.25, -0.2) is 0 Å². The van der Waals surface area contributed by atoms with Crippen molar-refractivity contribution in [1.82, 2.24) is 4.98 Å². The number of aromatic nitrogens is 1. The quantitative estimate of drug-likeness (QED) is 0.948. The van der Waals surface area contributed by atoms with Crippen LogP contribution in [0.2, 0.25) is 0 Å². The molecule has 1 aliphatic rings. The molecule has 0 saturated heterocycles. The minimum Gasteiger partial charge on any atom is -0.322 e. The molecule has 0 aliphatic carbocycles. The van der Waals surface area contributed by atoms with Crippen LogP contribution in [0.25, 0.3) is 0 Å². The van der Waals surface area contributed by atoms with E-state index in [1.165, 1.54) is 0 Å². The predicted molar refractivity (Wildman–Crippen MR) is 89.7 cm³/mol. The summed E-state index contributed by atoms with van der Waals surface area (Å²) in [5.41, 5.74) is 2.46. The average Bonchev–Trinajstić information content (AvgIpc) is 2.74. The highest BCUT2D eigenvalue weighted by atomic mass is 16.2. The van der Waals surface area contributed by atoms with E-state index in [-0.39, 0.29) is 11.8 Å². The van der Waals surface area contributed by atoms with Gasteiger partial charge in [-0.2, -0.15) is 0 Å². The molecule has 5 heteroatoms. The molecule has 0 bridgehead atoms. The average molecular weight is 309 g/mol. The van der Waals surface area contributed by atoms with Gasteiger partial charge >= 0.3 is 0 Å². The van der Waals surface area contributed by atoms with Gasteiger partial charge in [-0.1, -0.05) is 6.07 Å². The Hall–Kier alpha value is -2.69. The Morgan fingerprint density at radius 3 is 2.57 bits per heavy atom. The van der Waals surface area contributed by atoms with Crippen molar-refractivity contribution in [2.24, 2.45) is 0 Å². The Morgan fingerprint density at radius 2 is 1.91 bits per heavy atom. The smallest absolute Gasteiger partial charge is 0.255 e. The zero-order valence-electron chi connectivity index (χ0n) is 13.5. The van der Waals surface area contributed by atoms with Gasteiger partial charge in [-0.05, 0) is 50.6 Å². The maximum Gasteiger partial charge on any atom is 0.255 e. The molecule has 0 saturated carbocycles. The summed E-state index contributed by atoms with van der Waals surface area (Å²) in [4.78, 5) is 30.6. The summed E-state index contributed by atoms with van der Waals surface area (Å²) in [6.45, 7) is 6.36. The van der Waals surface area contributed by atoms with Crippen LogP contribution in [-0.4, -0.2) is 23.3 Å². The van der Waals surface area contributed by atoms with E-state index in [2.05, 4.69) is 10.3 Å². The number of rotatable bonds is 3. The van der Waals surface area contributed by atoms with Crippen LogP contribution in [0.4, 0.5) is 11.4 Å². The highest BCUT2D eigenvalue weighted by Crippen LogP contribution is 2.41. The normalized spacial score (nSPS) is 15.4. The third-order valence-electron chi connectivity index (χ3n) is 4.26. The number of carbonyl (C=O) groups is 2. The van der Waals surface area contributed by atoms with Crippen LogP contribution in [0, 0.1) is 0 Å². The molecule has 1 aromatic carbocycles. The molecule has 0 atom stereocenters. The van der Waals surface area contributed by atoms with Crippen molar-refractivity contribution in [3.63, 3.8) is 0 Å². The van der Waals surface area contributed by atoms with Gasteiger partial charge < -0.3 is 10.2 Å². The zero-order chi connectivity index (χ0) is 16.6. The number of pyridine rings is 1. The van der Waals surface area contributed by atoms with Gasteiger partial charge in [-0.15, -0.1) is 0 Å². The SMILES string of the molecule is CCN1C(=O)C(C)(C)c2ccc(C(=O)Nc3ccncc3)cc21. The third-order valence-corrected chi connectivity index (χ3v) is 4.26. The Bertz CT molecular complexity index is 769. The van der Waals surface area contributed by atoms with Crippen LogP contribution in [0.15, 0.2) is 42.7 Å². The largest absolute Gasteiger partial charge is 0.322 e. The van der Waals surface area contributed by atoms with E-state index in [1.807, 2.05) is 26.8 Å². The van der Waals surface area contributed by atoms with Gasteiger partial charge in [0.25, 0.3) is 5.91 Å². The second-order valence-electron chi connectivity index (χ2n) is 6.10. The van der Waals surface area contributed by atoms with Crippen molar-refractivity contribution < 1.29 is 9.59 Å². The lowest BCUT2D eigenvalue weighted by molar-refractivity contribution is -0.122. The molecule has 3 rings (SSSR count). The summed E-state index contributed by atoms with van der Waals surface area (Å²) in [5.74, 6) is -0.131. The van der Waals surface area contributed by atoms with Crippen LogP contribution in [0.1, 0.15) is 36.7 Å². The number of benzene rings is 1. The minimum atomic E-state index is -0.550. The lowest BCUT2D eigenvalue weighted by Crippen LogP contribution is -2.35. The molecule has 0 fully saturated rings. The molecular weight excluding hydrogens is 290 g/mol. The predicted octanol–water partition coefficient (Wildman–Crippen LogP) is 2.98. The van der Waals surface area contributed by atoms with Crippen molar-refractivity contribution in [1.29, 1.82) is 0 Å². The Labute approximate surface area is 135 Å². The van der Waals surface area contributed by atoms with E-state index in [4.69, 9.17) is 0 Å². The number of amides is 2. The summed E-state index contributed by atoms with van der Waals surface area (Å²) in [7, 11) is 0. The fraction of sp³-hybridized carbons (Fsp3) is 0.278. The Balaban J connectivity index is 1.94. The van der Waals surface area contributed by atoms with Crippen molar-refractivity contribution in [3.05, 3.63) is 53.9 Å². The molecular formula is C18H19N3O2. The van der Waals surface area contributed by atoms with Gasteiger partial charge in [0.1, 0.15) is 0 Å². The van der Waals surface area contributed by atoms with Gasteiger partial charge in [-0.3, -0.25) is 14.6 Å². The number of nitrogens with zero attached hydrogens (tertiary/aromatic N) is 2. The van der Waals surface area contributed by atoms with Gasteiger partial charge in [0.15, 0.2) is 0 Å². The lowest BCUT2D eigenvalue weighted by Gasteiger charge is -2.18.